The summed E-state index contributed by atoms with van der Waals surface area (Å²) < 4.78 is 5.69. The smallest absolute Gasteiger partial charge is 0.248 e. The quantitative estimate of drug-likeness (QED) is 0.746. The predicted octanol–water partition coefficient (Wildman–Crippen LogP) is -0.260. The van der Waals surface area contributed by atoms with E-state index >= 15 is 0 Å². The number of rotatable bonds is 4. The molecule has 0 aromatic carbocycles. The second-order valence-electron chi connectivity index (χ2n) is 5.55. The molecule has 2 saturated heterocycles. The Bertz CT molecular complexity index is 343. The van der Waals surface area contributed by atoms with Crippen LogP contribution in [0.2, 0.25) is 0 Å². The fraction of sp³-hybridized carbons (Fsp3) is 0.857. The molecule has 114 valence electrons. The molecule has 6 heteroatoms. The maximum Gasteiger partial charge on any atom is 0.248 e. The molecule has 0 aromatic heterocycles. The zero-order chi connectivity index (χ0) is 14.4. The third-order valence-electron chi connectivity index (χ3n) is 4.12. The fourth-order valence-corrected chi connectivity index (χ4v) is 2.86. The van der Waals surface area contributed by atoms with Crippen LogP contribution in [-0.2, 0) is 14.3 Å². The molecular weight excluding hydrogens is 258 g/mol. The molecule has 2 rings (SSSR count). The number of likely N-dealkylation sites (tertiary alicyclic amines) is 1. The average Bonchev–Trinajstić information content (AvgIpc) is 2.53. The van der Waals surface area contributed by atoms with Gasteiger partial charge < -0.3 is 20.3 Å². The topological polar surface area (TPSA) is 70.7 Å². The zero-order valence-corrected chi connectivity index (χ0v) is 12.2. The van der Waals surface area contributed by atoms with Gasteiger partial charge in [0.25, 0.3) is 0 Å². The molecule has 0 saturated carbocycles. The molecule has 0 aliphatic carbocycles. The summed E-state index contributed by atoms with van der Waals surface area (Å²) in [6.45, 7) is 3.32. The van der Waals surface area contributed by atoms with Crippen LogP contribution < -0.4 is 10.6 Å². The first kappa shape index (κ1) is 15.3. The van der Waals surface area contributed by atoms with E-state index in [4.69, 9.17) is 4.74 Å². The van der Waals surface area contributed by atoms with E-state index in [1.54, 1.807) is 11.9 Å². The molecular formula is C14H25N3O3. The lowest BCUT2D eigenvalue weighted by Crippen LogP contribution is -2.46. The van der Waals surface area contributed by atoms with Crippen LogP contribution in [0.5, 0.6) is 0 Å². The molecule has 0 bridgehead atoms. The van der Waals surface area contributed by atoms with Gasteiger partial charge in [0.2, 0.25) is 11.8 Å². The number of amides is 2. The largest absolute Gasteiger partial charge is 0.368 e. The standard InChI is InChI=1S/C14H25N3O3/c1-15-14(19)11-3-2-8-17(9-11)13(18)10-20-12-4-6-16-7-5-12/h11-12,16H,2-10H2,1H3,(H,15,19). The minimum Gasteiger partial charge on any atom is -0.368 e. The highest BCUT2D eigenvalue weighted by Crippen LogP contribution is 2.17. The van der Waals surface area contributed by atoms with Gasteiger partial charge in [-0.3, -0.25) is 9.59 Å². The van der Waals surface area contributed by atoms with Crippen LogP contribution in [0.25, 0.3) is 0 Å². The average molecular weight is 283 g/mol. The van der Waals surface area contributed by atoms with Crippen LogP contribution in [0.4, 0.5) is 0 Å². The molecule has 2 N–H and O–H groups in total. The van der Waals surface area contributed by atoms with Gasteiger partial charge in [0, 0.05) is 20.1 Å². The Labute approximate surface area is 120 Å². The molecule has 2 aliphatic heterocycles. The van der Waals surface area contributed by atoms with Gasteiger partial charge in [-0.25, -0.2) is 0 Å². The molecule has 6 nitrogen and oxygen atoms in total. The van der Waals surface area contributed by atoms with Crippen molar-refractivity contribution in [3.63, 3.8) is 0 Å². The summed E-state index contributed by atoms with van der Waals surface area (Å²) in [6.07, 6.45) is 3.87. The Balaban J connectivity index is 1.75. The van der Waals surface area contributed by atoms with Crippen molar-refractivity contribution in [2.75, 3.05) is 39.8 Å². The minimum atomic E-state index is -0.0726. The normalized spacial score (nSPS) is 24.4. The Hall–Kier alpha value is -1.14. The molecule has 1 atom stereocenters. The third-order valence-corrected chi connectivity index (χ3v) is 4.12. The Morgan fingerprint density at radius 3 is 2.75 bits per heavy atom. The number of carbonyl (C=O) groups is 2. The van der Waals surface area contributed by atoms with Crippen LogP contribution in [0.3, 0.4) is 0 Å². The Kier molecular flexibility index (Phi) is 5.79. The van der Waals surface area contributed by atoms with Gasteiger partial charge in [-0.15, -0.1) is 0 Å². The molecule has 20 heavy (non-hydrogen) atoms. The maximum atomic E-state index is 12.2. The molecule has 2 aliphatic rings. The molecule has 2 amide bonds. The van der Waals surface area contributed by atoms with E-state index in [-0.39, 0.29) is 30.4 Å². The van der Waals surface area contributed by atoms with Gasteiger partial charge in [-0.1, -0.05) is 0 Å². The Morgan fingerprint density at radius 1 is 1.30 bits per heavy atom. The van der Waals surface area contributed by atoms with E-state index in [0.29, 0.717) is 6.54 Å². The van der Waals surface area contributed by atoms with Crippen LogP contribution in [-0.4, -0.2) is 62.7 Å². The van der Waals surface area contributed by atoms with E-state index in [1.807, 2.05) is 0 Å². The summed E-state index contributed by atoms with van der Waals surface area (Å²) in [5.41, 5.74) is 0. The predicted molar refractivity (Wildman–Crippen MR) is 75.2 cm³/mol. The summed E-state index contributed by atoms with van der Waals surface area (Å²) in [5, 5.41) is 5.93. The van der Waals surface area contributed by atoms with E-state index < -0.39 is 0 Å². The molecule has 0 radical (unpaired) electrons. The van der Waals surface area contributed by atoms with Crippen molar-refractivity contribution in [3.05, 3.63) is 0 Å². The SMILES string of the molecule is CNC(=O)C1CCCN(C(=O)COC2CCNCC2)C1. The number of ether oxygens (including phenoxy) is 1. The van der Waals surface area contributed by atoms with Crippen LogP contribution in [0, 0.1) is 5.92 Å². The van der Waals surface area contributed by atoms with Gasteiger partial charge in [-0.2, -0.15) is 0 Å². The van der Waals surface area contributed by atoms with E-state index in [1.165, 1.54) is 0 Å². The summed E-state index contributed by atoms with van der Waals surface area (Å²) in [6, 6.07) is 0. The maximum absolute atomic E-state index is 12.2. The highest BCUT2D eigenvalue weighted by molar-refractivity contribution is 5.81. The van der Waals surface area contributed by atoms with Crippen molar-refractivity contribution >= 4 is 11.8 Å². The summed E-state index contributed by atoms with van der Waals surface area (Å²) in [7, 11) is 1.64. The molecule has 1 unspecified atom stereocenters. The van der Waals surface area contributed by atoms with Crippen molar-refractivity contribution < 1.29 is 14.3 Å². The second-order valence-corrected chi connectivity index (χ2v) is 5.55. The van der Waals surface area contributed by atoms with E-state index in [2.05, 4.69) is 10.6 Å². The molecule has 2 heterocycles. The second kappa shape index (κ2) is 7.59. The lowest BCUT2D eigenvalue weighted by Gasteiger charge is -2.32. The van der Waals surface area contributed by atoms with Gasteiger partial charge in [-0.05, 0) is 38.8 Å². The third kappa shape index (κ3) is 4.18. The zero-order valence-electron chi connectivity index (χ0n) is 12.2. The summed E-state index contributed by atoms with van der Waals surface area (Å²) in [4.78, 5) is 25.6. The van der Waals surface area contributed by atoms with Crippen molar-refractivity contribution in [1.29, 1.82) is 0 Å². The van der Waals surface area contributed by atoms with Crippen molar-refractivity contribution in [1.82, 2.24) is 15.5 Å². The molecule has 0 spiro atoms. The van der Waals surface area contributed by atoms with E-state index in [9.17, 15) is 9.59 Å². The number of piperidine rings is 2. The fourth-order valence-electron chi connectivity index (χ4n) is 2.86. The van der Waals surface area contributed by atoms with E-state index in [0.717, 1.165) is 45.3 Å². The van der Waals surface area contributed by atoms with Gasteiger partial charge in [0.15, 0.2) is 0 Å². The number of nitrogens with zero attached hydrogens (tertiary/aromatic N) is 1. The number of hydrogen-bond acceptors (Lipinski definition) is 4. The van der Waals surface area contributed by atoms with Crippen LogP contribution >= 0.6 is 0 Å². The minimum absolute atomic E-state index is 0.0112. The lowest BCUT2D eigenvalue weighted by atomic mass is 9.97. The molecule has 2 fully saturated rings. The number of hydrogen-bond donors (Lipinski definition) is 2. The highest BCUT2D eigenvalue weighted by atomic mass is 16.5. The monoisotopic (exact) mass is 283 g/mol. The van der Waals surface area contributed by atoms with Crippen molar-refractivity contribution in [3.8, 4) is 0 Å². The summed E-state index contributed by atoms with van der Waals surface area (Å²) >= 11 is 0. The van der Waals surface area contributed by atoms with Crippen LogP contribution in [0.15, 0.2) is 0 Å². The lowest BCUT2D eigenvalue weighted by molar-refractivity contribution is -0.142. The van der Waals surface area contributed by atoms with Gasteiger partial charge in [0.05, 0.1) is 12.0 Å². The van der Waals surface area contributed by atoms with Crippen molar-refractivity contribution in [2.24, 2.45) is 5.92 Å². The summed E-state index contributed by atoms with van der Waals surface area (Å²) in [5.74, 6) is -0.0320. The van der Waals surface area contributed by atoms with Crippen LogP contribution in [0.1, 0.15) is 25.7 Å². The molecule has 0 aromatic rings. The number of carbonyl (C=O) groups excluding carboxylic acids is 2. The first-order valence-electron chi connectivity index (χ1n) is 7.52. The highest BCUT2D eigenvalue weighted by Gasteiger charge is 2.28. The number of nitrogens with one attached hydrogen (secondary N) is 2. The van der Waals surface area contributed by atoms with Gasteiger partial charge in [0.1, 0.15) is 6.61 Å². The Morgan fingerprint density at radius 2 is 2.05 bits per heavy atom. The first-order chi connectivity index (χ1) is 9.70. The van der Waals surface area contributed by atoms with Gasteiger partial charge >= 0.3 is 0 Å². The first-order valence-corrected chi connectivity index (χ1v) is 7.52. The van der Waals surface area contributed by atoms with Crippen molar-refractivity contribution in [2.45, 2.75) is 31.8 Å².